The molecule has 4 heteroatoms. The van der Waals surface area contributed by atoms with Gasteiger partial charge in [-0.2, -0.15) is 0 Å². The van der Waals surface area contributed by atoms with Crippen LogP contribution in [0, 0.1) is 5.92 Å². The average Bonchev–Trinajstić information content (AvgIpc) is 2.62. The van der Waals surface area contributed by atoms with E-state index < -0.39 is 0 Å². The Morgan fingerprint density at radius 1 is 1.16 bits per heavy atom. The van der Waals surface area contributed by atoms with Crippen LogP contribution in [-0.4, -0.2) is 30.4 Å². The second kappa shape index (κ2) is 8.67. The van der Waals surface area contributed by atoms with Gasteiger partial charge in [0.25, 0.3) is 0 Å². The largest absolute Gasteiger partial charge is 0.489 e. The molecule has 0 aliphatic carbocycles. The van der Waals surface area contributed by atoms with Crippen molar-refractivity contribution in [2.75, 3.05) is 25.0 Å². The highest BCUT2D eigenvalue weighted by Crippen LogP contribution is 2.18. The number of likely N-dealkylation sites (tertiary alicyclic amines) is 1. The maximum Gasteiger partial charge on any atom is 0.238 e. The third-order valence-electron chi connectivity index (χ3n) is 4.49. The maximum absolute atomic E-state index is 12.2. The lowest BCUT2D eigenvalue weighted by Crippen LogP contribution is -2.39. The molecule has 1 fully saturated rings. The van der Waals surface area contributed by atoms with Gasteiger partial charge in [0.1, 0.15) is 12.4 Å². The van der Waals surface area contributed by atoms with Gasteiger partial charge in [0, 0.05) is 12.2 Å². The minimum atomic E-state index is 0.0482. The first-order valence-corrected chi connectivity index (χ1v) is 8.98. The molecule has 3 rings (SSSR count). The van der Waals surface area contributed by atoms with Crippen LogP contribution in [0.1, 0.15) is 25.3 Å². The highest BCUT2D eigenvalue weighted by Gasteiger charge is 2.18. The summed E-state index contributed by atoms with van der Waals surface area (Å²) in [5, 5.41) is 2.97. The molecule has 1 aliphatic heterocycles. The lowest BCUT2D eigenvalue weighted by Gasteiger charge is -2.30. The molecule has 132 valence electrons. The van der Waals surface area contributed by atoms with Crippen molar-refractivity contribution < 1.29 is 9.53 Å². The number of nitrogens with one attached hydrogen (secondary N) is 1. The zero-order chi connectivity index (χ0) is 17.5. The minimum Gasteiger partial charge on any atom is -0.489 e. The van der Waals surface area contributed by atoms with Crippen molar-refractivity contribution in [3.05, 3.63) is 60.2 Å². The maximum atomic E-state index is 12.2. The monoisotopic (exact) mass is 338 g/mol. The predicted molar refractivity (Wildman–Crippen MR) is 101 cm³/mol. The van der Waals surface area contributed by atoms with Crippen LogP contribution in [-0.2, 0) is 11.4 Å². The second-order valence-corrected chi connectivity index (χ2v) is 6.83. The molecular formula is C21H26N2O2. The summed E-state index contributed by atoms with van der Waals surface area (Å²) in [7, 11) is 0. The molecule has 25 heavy (non-hydrogen) atoms. The third kappa shape index (κ3) is 5.61. The summed E-state index contributed by atoms with van der Waals surface area (Å²) >= 11 is 0. The number of amides is 1. The summed E-state index contributed by atoms with van der Waals surface area (Å²) in [6.45, 7) is 5.29. The van der Waals surface area contributed by atoms with Crippen molar-refractivity contribution in [1.82, 2.24) is 4.90 Å². The normalized spacial score (nSPS) is 17.9. The van der Waals surface area contributed by atoms with E-state index in [-0.39, 0.29) is 5.91 Å². The van der Waals surface area contributed by atoms with Gasteiger partial charge in [0.2, 0.25) is 5.91 Å². The Kier molecular flexibility index (Phi) is 6.07. The zero-order valence-electron chi connectivity index (χ0n) is 14.8. The Labute approximate surface area is 149 Å². The molecule has 2 aromatic rings. The fourth-order valence-electron chi connectivity index (χ4n) is 3.21. The van der Waals surface area contributed by atoms with E-state index in [0.29, 0.717) is 19.1 Å². The fourth-order valence-corrected chi connectivity index (χ4v) is 3.21. The number of benzene rings is 2. The van der Waals surface area contributed by atoms with E-state index in [0.717, 1.165) is 30.1 Å². The smallest absolute Gasteiger partial charge is 0.238 e. The standard InChI is InChI=1S/C21H26N2O2/c1-17-6-5-13-23(14-17)15-21(24)22-19-9-11-20(12-10-19)25-16-18-7-3-2-4-8-18/h2-4,7-12,17H,5-6,13-16H2,1H3,(H,22,24)/t17-/m0/s1. The van der Waals surface area contributed by atoms with Crippen LogP contribution in [0.4, 0.5) is 5.69 Å². The molecule has 1 N–H and O–H groups in total. The SMILES string of the molecule is C[C@H]1CCCN(CC(=O)Nc2ccc(OCc3ccccc3)cc2)C1. The summed E-state index contributed by atoms with van der Waals surface area (Å²) in [6.07, 6.45) is 2.45. The molecule has 1 heterocycles. The lowest BCUT2D eigenvalue weighted by molar-refractivity contribution is -0.117. The van der Waals surface area contributed by atoms with Crippen molar-refractivity contribution in [1.29, 1.82) is 0 Å². The van der Waals surface area contributed by atoms with Crippen molar-refractivity contribution >= 4 is 11.6 Å². The molecular weight excluding hydrogens is 312 g/mol. The van der Waals surface area contributed by atoms with Gasteiger partial charge in [0.15, 0.2) is 0 Å². The number of nitrogens with zero attached hydrogens (tertiary/aromatic N) is 1. The first-order valence-electron chi connectivity index (χ1n) is 8.98. The summed E-state index contributed by atoms with van der Waals surface area (Å²) in [6, 6.07) is 17.6. The Bertz CT molecular complexity index is 670. The molecule has 1 aliphatic rings. The minimum absolute atomic E-state index is 0.0482. The van der Waals surface area contributed by atoms with Gasteiger partial charge in [-0.3, -0.25) is 9.69 Å². The highest BCUT2D eigenvalue weighted by molar-refractivity contribution is 5.92. The van der Waals surface area contributed by atoms with Gasteiger partial charge in [-0.15, -0.1) is 0 Å². The van der Waals surface area contributed by atoms with E-state index >= 15 is 0 Å². The molecule has 1 atom stereocenters. The molecule has 0 radical (unpaired) electrons. The number of carbonyl (C=O) groups excluding carboxylic acids is 1. The third-order valence-corrected chi connectivity index (χ3v) is 4.49. The molecule has 0 unspecified atom stereocenters. The van der Waals surface area contributed by atoms with E-state index in [1.807, 2.05) is 54.6 Å². The number of rotatable bonds is 6. The molecule has 0 aromatic heterocycles. The number of carbonyl (C=O) groups is 1. The molecule has 4 nitrogen and oxygen atoms in total. The molecule has 1 saturated heterocycles. The number of anilines is 1. The summed E-state index contributed by atoms with van der Waals surface area (Å²) in [5.41, 5.74) is 1.94. The van der Waals surface area contributed by atoms with Gasteiger partial charge >= 0.3 is 0 Å². The topological polar surface area (TPSA) is 41.6 Å². The molecule has 0 saturated carbocycles. The van der Waals surface area contributed by atoms with E-state index in [2.05, 4.69) is 17.1 Å². The van der Waals surface area contributed by atoms with Crippen LogP contribution < -0.4 is 10.1 Å². The van der Waals surface area contributed by atoms with Crippen LogP contribution in [0.15, 0.2) is 54.6 Å². The van der Waals surface area contributed by atoms with Crippen LogP contribution in [0.5, 0.6) is 5.75 Å². The van der Waals surface area contributed by atoms with Gasteiger partial charge in [-0.05, 0) is 55.1 Å². The van der Waals surface area contributed by atoms with Gasteiger partial charge < -0.3 is 10.1 Å². The fraction of sp³-hybridized carbons (Fsp3) is 0.381. The van der Waals surface area contributed by atoms with Gasteiger partial charge in [-0.25, -0.2) is 0 Å². The number of piperidine rings is 1. The van der Waals surface area contributed by atoms with Gasteiger partial charge in [0.05, 0.1) is 6.54 Å². The van der Waals surface area contributed by atoms with E-state index in [1.165, 1.54) is 12.8 Å². The first-order chi connectivity index (χ1) is 12.2. The Morgan fingerprint density at radius 3 is 2.64 bits per heavy atom. The highest BCUT2D eigenvalue weighted by atomic mass is 16.5. The van der Waals surface area contributed by atoms with Crippen molar-refractivity contribution in [2.45, 2.75) is 26.4 Å². The van der Waals surface area contributed by atoms with Crippen molar-refractivity contribution in [3.63, 3.8) is 0 Å². The predicted octanol–water partition coefficient (Wildman–Crippen LogP) is 3.94. The summed E-state index contributed by atoms with van der Waals surface area (Å²) in [4.78, 5) is 14.4. The summed E-state index contributed by atoms with van der Waals surface area (Å²) in [5.74, 6) is 1.53. The Hall–Kier alpha value is -2.33. The van der Waals surface area contributed by atoms with Gasteiger partial charge in [-0.1, -0.05) is 37.3 Å². The second-order valence-electron chi connectivity index (χ2n) is 6.83. The molecule has 2 aromatic carbocycles. The quantitative estimate of drug-likeness (QED) is 0.867. The average molecular weight is 338 g/mol. The van der Waals surface area contributed by atoms with E-state index in [9.17, 15) is 4.79 Å². The van der Waals surface area contributed by atoms with Crippen LogP contribution in [0.2, 0.25) is 0 Å². The molecule has 0 bridgehead atoms. The summed E-state index contributed by atoms with van der Waals surface area (Å²) < 4.78 is 5.76. The van der Waals surface area contributed by atoms with Crippen molar-refractivity contribution in [3.8, 4) is 5.75 Å². The van der Waals surface area contributed by atoms with E-state index in [1.54, 1.807) is 0 Å². The number of hydrogen-bond acceptors (Lipinski definition) is 3. The van der Waals surface area contributed by atoms with Crippen molar-refractivity contribution in [2.24, 2.45) is 5.92 Å². The lowest BCUT2D eigenvalue weighted by atomic mass is 10.0. The number of hydrogen-bond donors (Lipinski definition) is 1. The van der Waals surface area contributed by atoms with E-state index in [4.69, 9.17) is 4.74 Å². The van der Waals surface area contributed by atoms with Crippen LogP contribution in [0.25, 0.3) is 0 Å². The van der Waals surface area contributed by atoms with Crippen LogP contribution >= 0.6 is 0 Å². The Morgan fingerprint density at radius 2 is 1.92 bits per heavy atom. The molecule has 1 amide bonds. The van der Waals surface area contributed by atoms with Crippen LogP contribution in [0.3, 0.4) is 0 Å². The Balaban J connectivity index is 1.46. The number of ether oxygens (including phenoxy) is 1. The first kappa shape index (κ1) is 17.5. The zero-order valence-corrected chi connectivity index (χ0v) is 14.8. The molecule has 0 spiro atoms.